The molecule has 0 aliphatic rings. The molecule has 0 spiro atoms. The van der Waals surface area contributed by atoms with Crippen LogP contribution >= 0.6 is 0 Å². The SMILES string of the molecule is CCCCCCCCCCCC[CH2][Sn]([CH2]CCC)([CH2]CCC)[CH2]CCCCCCCCCCCC. The van der Waals surface area contributed by atoms with Gasteiger partial charge in [-0.2, -0.15) is 0 Å². The minimum atomic E-state index is -1.90. The molecule has 0 radical (unpaired) electrons. The summed E-state index contributed by atoms with van der Waals surface area (Å²) in [7, 11) is 0. The van der Waals surface area contributed by atoms with Gasteiger partial charge >= 0.3 is 217 Å². The molecule has 212 valence electrons. The fourth-order valence-electron chi connectivity index (χ4n) is 6.18. The van der Waals surface area contributed by atoms with Gasteiger partial charge in [-0.1, -0.05) is 13.8 Å². The van der Waals surface area contributed by atoms with Crippen LogP contribution in [0.1, 0.15) is 195 Å². The summed E-state index contributed by atoms with van der Waals surface area (Å²) in [6.45, 7) is 9.50. The van der Waals surface area contributed by atoms with Gasteiger partial charge in [0.15, 0.2) is 0 Å². The van der Waals surface area contributed by atoms with Crippen LogP contribution in [0.4, 0.5) is 0 Å². The van der Waals surface area contributed by atoms with Crippen LogP contribution in [0.3, 0.4) is 0 Å². The van der Waals surface area contributed by atoms with Crippen molar-refractivity contribution in [2.45, 2.75) is 212 Å². The van der Waals surface area contributed by atoms with Crippen molar-refractivity contribution in [2.75, 3.05) is 0 Å². The van der Waals surface area contributed by atoms with E-state index in [1.54, 1.807) is 56.3 Å². The van der Waals surface area contributed by atoms with E-state index in [9.17, 15) is 0 Å². The minimum Gasteiger partial charge on any atom is -0.0654 e. The van der Waals surface area contributed by atoms with E-state index >= 15 is 0 Å². The maximum absolute atomic E-state index is 2.43. The first-order valence-electron chi connectivity index (χ1n) is 17.2. The third-order valence-corrected chi connectivity index (χ3v) is 24.9. The van der Waals surface area contributed by atoms with Crippen LogP contribution in [0, 0.1) is 0 Å². The zero-order valence-electron chi connectivity index (χ0n) is 25.7. The van der Waals surface area contributed by atoms with Crippen molar-refractivity contribution in [3.8, 4) is 0 Å². The van der Waals surface area contributed by atoms with Gasteiger partial charge in [0, 0.05) is 0 Å². The van der Waals surface area contributed by atoms with E-state index in [1.165, 1.54) is 128 Å². The molecule has 0 unspecified atom stereocenters. The molecule has 0 aromatic rings. The summed E-state index contributed by atoms with van der Waals surface area (Å²) >= 11 is -1.90. The molecule has 0 N–H and O–H groups in total. The van der Waals surface area contributed by atoms with Crippen molar-refractivity contribution in [1.82, 2.24) is 0 Å². The Morgan fingerprint density at radius 3 is 0.686 bits per heavy atom. The molecule has 0 atom stereocenters. The van der Waals surface area contributed by atoms with E-state index in [0.29, 0.717) is 0 Å². The molecule has 0 fully saturated rings. The molecule has 0 bridgehead atoms. The molecule has 0 aromatic heterocycles. The van der Waals surface area contributed by atoms with Gasteiger partial charge in [0.1, 0.15) is 0 Å². The second-order valence-corrected chi connectivity index (χ2v) is 26.5. The average molecular weight is 600 g/mol. The molecule has 0 aromatic carbocycles. The van der Waals surface area contributed by atoms with Gasteiger partial charge in [0.05, 0.1) is 0 Å². The Balaban J connectivity index is 4.10. The van der Waals surface area contributed by atoms with Gasteiger partial charge in [-0.15, -0.1) is 0 Å². The molecule has 0 saturated carbocycles. The summed E-state index contributed by atoms with van der Waals surface area (Å²) in [5.74, 6) is 0. The Morgan fingerprint density at radius 1 is 0.229 bits per heavy atom. The Labute approximate surface area is 229 Å². The van der Waals surface area contributed by atoms with Crippen LogP contribution in [0.25, 0.3) is 0 Å². The Morgan fingerprint density at radius 2 is 0.429 bits per heavy atom. The average Bonchev–Trinajstić information content (AvgIpc) is 2.87. The summed E-state index contributed by atoms with van der Waals surface area (Å²) in [6, 6.07) is 0. The molecular weight excluding hydrogens is 527 g/mol. The van der Waals surface area contributed by atoms with Crippen molar-refractivity contribution in [3.63, 3.8) is 0 Å². The Hall–Kier alpha value is 0.799. The van der Waals surface area contributed by atoms with Crippen molar-refractivity contribution in [2.24, 2.45) is 0 Å². The molecule has 1 heteroatoms. The van der Waals surface area contributed by atoms with Crippen LogP contribution in [0.2, 0.25) is 17.7 Å². The van der Waals surface area contributed by atoms with E-state index in [4.69, 9.17) is 0 Å². The third-order valence-electron chi connectivity index (χ3n) is 8.74. The molecule has 0 aliphatic heterocycles. The maximum atomic E-state index is 2.43. The van der Waals surface area contributed by atoms with Crippen LogP contribution < -0.4 is 0 Å². The second kappa shape index (κ2) is 29.4. The van der Waals surface area contributed by atoms with Gasteiger partial charge in [0.25, 0.3) is 0 Å². The topological polar surface area (TPSA) is 0 Å². The normalized spacial score (nSPS) is 12.0. The number of unbranched alkanes of at least 4 members (excludes halogenated alkanes) is 22. The Kier molecular flexibility index (Phi) is 30.0. The fourth-order valence-corrected chi connectivity index (χ4v) is 22.5. The van der Waals surface area contributed by atoms with Gasteiger partial charge < -0.3 is 0 Å². The second-order valence-electron chi connectivity index (χ2n) is 12.3. The molecule has 0 saturated heterocycles. The summed E-state index contributed by atoms with van der Waals surface area (Å²) in [5.41, 5.74) is 0. The molecule has 0 rings (SSSR count). The first-order chi connectivity index (χ1) is 17.2. The molecular formula is C34H72Sn. The summed E-state index contributed by atoms with van der Waals surface area (Å²) in [5, 5.41) is 0. The van der Waals surface area contributed by atoms with E-state index in [-0.39, 0.29) is 0 Å². The molecule has 0 aliphatic carbocycles. The van der Waals surface area contributed by atoms with Crippen LogP contribution in [-0.4, -0.2) is 18.4 Å². The van der Waals surface area contributed by atoms with Gasteiger partial charge in [-0.05, 0) is 0 Å². The van der Waals surface area contributed by atoms with Crippen LogP contribution in [0.5, 0.6) is 0 Å². The van der Waals surface area contributed by atoms with E-state index in [0.717, 1.165) is 0 Å². The van der Waals surface area contributed by atoms with Gasteiger partial charge in [-0.25, -0.2) is 0 Å². The quantitative estimate of drug-likeness (QED) is 0.0569. The van der Waals surface area contributed by atoms with Gasteiger partial charge in [-0.3, -0.25) is 0 Å². The summed E-state index contributed by atoms with van der Waals surface area (Å²) in [4.78, 5) is 0. The number of rotatable bonds is 30. The number of hydrogen-bond donors (Lipinski definition) is 0. The molecule has 0 amide bonds. The zero-order valence-corrected chi connectivity index (χ0v) is 28.6. The Bertz CT molecular complexity index is 341. The van der Waals surface area contributed by atoms with E-state index in [1.807, 2.05) is 0 Å². The predicted octanol–water partition coefficient (Wildman–Crippen LogP) is 13.7. The fraction of sp³-hybridized carbons (Fsp3) is 1.00. The van der Waals surface area contributed by atoms with Gasteiger partial charge in [0.2, 0.25) is 0 Å². The summed E-state index contributed by atoms with van der Waals surface area (Å²) < 4.78 is 6.92. The molecule has 35 heavy (non-hydrogen) atoms. The van der Waals surface area contributed by atoms with Crippen molar-refractivity contribution in [3.05, 3.63) is 0 Å². The number of hydrogen-bond acceptors (Lipinski definition) is 0. The molecule has 0 nitrogen and oxygen atoms in total. The monoisotopic (exact) mass is 600 g/mol. The third kappa shape index (κ3) is 24.9. The first-order valence-corrected chi connectivity index (χ1v) is 25.3. The van der Waals surface area contributed by atoms with Crippen LogP contribution in [0.15, 0.2) is 0 Å². The van der Waals surface area contributed by atoms with Crippen LogP contribution in [-0.2, 0) is 0 Å². The molecule has 0 heterocycles. The van der Waals surface area contributed by atoms with Crippen molar-refractivity contribution < 1.29 is 0 Å². The van der Waals surface area contributed by atoms with Crippen molar-refractivity contribution in [1.29, 1.82) is 0 Å². The van der Waals surface area contributed by atoms with E-state index < -0.39 is 18.4 Å². The standard InChI is InChI=1S/2C13H27.2C4H9.Sn/c2*1-3-5-7-9-11-13-12-10-8-6-4-2;2*1-3-4-2;/h2*1,3-13H2,2H3;2*1,3-4H2,2H3;. The zero-order chi connectivity index (χ0) is 25.7. The summed E-state index contributed by atoms with van der Waals surface area (Å²) in [6.07, 6.45) is 38.9. The van der Waals surface area contributed by atoms with Crippen molar-refractivity contribution >= 4 is 18.4 Å². The predicted molar refractivity (Wildman–Crippen MR) is 168 cm³/mol. The first kappa shape index (κ1) is 35.8. The minimum absolute atomic E-state index is 1.38. The smallest absolute Gasteiger partial charge is 0.0654 e. The van der Waals surface area contributed by atoms with E-state index in [2.05, 4.69) is 27.7 Å².